The Balaban J connectivity index is 2.04. The third-order valence-corrected chi connectivity index (χ3v) is 7.80. The van der Waals surface area contributed by atoms with E-state index in [0.717, 1.165) is 27.9 Å². The second-order valence-corrected chi connectivity index (χ2v) is 10.5. The number of alkyl halides is 3. The number of nitrogens with one attached hydrogen (secondary N) is 1. The largest absolute Gasteiger partial charge is 0.416 e. The Kier molecular flexibility index (Phi) is 7.98. The van der Waals surface area contributed by atoms with Crippen LogP contribution >= 0.6 is 18.9 Å². The summed E-state index contributed by atoms with van der Waals surface area (Å²) >= 11 is 1.37. The monoisotopic (exact) mass is 486 g/mol. The van der Waals surface area contributed by atoms with Crippen molar-refractivity contribution in [1.82, 2.24) is 4.98 Å². The van der Waals surface area contributed by atoms with Crippen molar-refractivity contribution in [3.05, 3.63) is 59.2 Å². The van der Waals surface area contributed by atoms with Gasteiger partial charge in [-0.3, -0.25) is 4.57 Å². The van der Waals surface area contributed by atoms with Crippen molar-refractivity contribution < 1.29 is 26.8 Å². The smallest absolute Gasteiger partial charge is 0.344 e. The summed E-state index contributed by atoms with van der Waals surface area (Å²) in [6.45, 7) is 6.08. The fraction of sp³-hybridized carbons (Fsp3) is 0.409. The molecule has 0 spiro atoms. The molecule has 1 atom stereocenters. The van der Waals surface area contributed by atoms with Gasteiger partial charge in [0.05, 0.1) is 29.0 Å². The second kappa shape index (κ2) is 10.3. The van der Waals surface area contributed by atoms with Crippen LogP contribution < -0.4 is 5.32 Å². The van der Waals surface area contributed by atoms with E-state index in [1.165, 1.54) is 23.5 Å². The van der Waals surface area contributed by atoms with E-state index in [2.05, 4.69) is 10.3 Å². The van der Waals surface area contributed by atoms with Crippen LogP contribution in [0.25, 0.3) is 10.2 Å². The number of hydrogen-bond donors (Lipinski definition) is 1. The van der Waals surface area contributed by atoms with Crippen LogP contribution in [0.3, 0.4) is 0 Å². The highest BCUT2D eigenvalue weighted by Crippen LogP contribution is 2.61. The van der Waals surface area contributed by atoms with Gasteiger partial charge < -0.3 is 14.4 Å². The van der Waals surface area contributed by atoms with Gasteiger partial charge in [-0.2, -0.15) is 13.2 Å². The van der Waals surface area contributed by atoms with Crippen molar-refractivity contribution in [3.63, 3.8) is 0 Å². The number of halogens is 3. The number of fused-ring (bicyclic) bond motifs is 1. The van der Waals surface area contributed by atoms with Crippen molar-refractivity contribution in [2.24, 2.45) is 0 Å². The molecule has 174 valence electrons. The molecule has 0 fully saturated rings. The minimum atomic E-state index is -4.47. The molecule has 1 N–H and O–H groups in total. The zero-order valence-electron chi connectivity index (χ0n) is 18.1. The summed E-state index contributed by atoms with van der Waals surface area (Å²) in [7, 11) is -3.79. The maximum atomic E-state index is 13.8. The molecule has 0 aliphatic heterocycles. The van der Waals surface area contributed by atoms with Gasteiger partial charge in [0.15, 0.2) is 10.9 Å². The summed E-state index contributed by atoms with van der Waals surface area (Å²) in [5.41, 5.74) is 1.38. The summed E-state index contributed by atoms with van der Waals surface area (Å²) in [5.74, 6) is -1.01. The predicted octanol–water partition coefficient (Wildman–Crippen LogP) is 7.78. The summed E-state index contributed by atoms with van der Waals surface area (Å²) in [4.78, 5) is 4.60. The second-order valence-electron chi connectivity index (χ2n) is 7.31. The van der Waals surface area contributed by atoms with Crippen LogP contribution in [0.2, 0.25) is 0 Å². The first-order valence-corrected chi connectivity index (χ1v) is 12.8. The fourth-order valence-corrected chi connectivity index (χ4v) is 6.21. The lowest BCUT2D eigenvalue weighted by molar-refractivity contribution is -0.137. The summed E-state index contributed by atoms with van der Waals surface area (Å²) < 4.78 is 65.4. The highest BCUT2D eigenvalue weighted by atomic mass is 32.1. The Morgan fingerprint density at radius 2 is 1.69 bits per heavy atom. The Morgan fingerprint density at radius 1 is 1.06 bits per heavy atom. The molecule has 0 saturated carbocycles. The number of nitrogens with zero attached hydrogens (tertiary/aromatic N) is 1. The van der Waals surface area contributed by atoms with Crippen LogP contribution in [-0.4, -0.2) is 18.2 Å². The SMILES string of the molecule is CCCOP(=O)(OCCC)C(Nc1nc2c(C)cccc2s1)c1ccc(C(F)(F)F)cc1. The van der Waals surface area contributed by atoms with E-state index in [-0.39, 0.29) is 13.2 Å². The number of hydrogen-bond acceptors (Lipinski definition) is 6. The lowest BCUT2D eigenvalue weighted by Crippen LogP contribution is -2.16. The van der Waals surface area contributed by atoms with Gasteiger partial charge in [0.25, 0.3) is 0 Å². The number of thiazole rings is 1. The molecular formula is C22H26F3N2O3PS. The molecule has 3 rings (SSSR count). The van der Waals surface area contributed by atoms with Crippen molar-refractivity contribution in [2.45, 2.75) is 45.6 Å². The molecule has 1 heterocycles. The molecule has 1 unspecified atom stereocenters. The molecule has 0 radical (unpaired) electrons. The minimum absolute atomic E-state index is 0.193. The molecular weight excluding hydrogens is 460 g/mol. The fourth-order valence-electron chi connectivity index (χ4n) is 3.09. The number of para-hydroxylation sites is 1. The van der Waals surface area contributed by atoms with Gasteiger partial charge in [0, 0.05) is 0 Å². The van der Waals surface area contributed by atoms with E-state index in [1.807, 2.05) is 39.0 Å². The highest BCUT2D eigenvalue weighted by molar-refractivity contribution is 7.54. The normalized spacial score (nSPS) is 13.4. The van der Waals surface area contributed by atoms with Crippen LogP contribution in [0.4, 0.5) is 18.3 Å². The van der Waals surface area contributed by atoms with E-state index in [0.29, 0.717) is 23.5 Å². The lowest BCUT2D eigenvalue weighted by atomic mass is 10.1. The van der Waals surface area contributed by atoms with E-state index in [1.54, 1.807) is 0 Å². The Hall–Kier alpha value is -1.93. The number of aryl methyl sites for hydroxylation is 1. The molecule has 0 bridgehead atoms. The van der Waals surface area contributed by atoms with E-state index in [4.69, 9.17) is 9.05 Å². The van der Waals surface area contributed by atoms with Gasteiger partial charge >= 0.3 is 13.8 Å². The van der Waals surface area contributed by atoms with Gasteiger partial charge in [-0.05, 0) is 49.1 Å². The Labute approximate surface area is 189 Å². The van der Waals surface area contributed by atoms with Crippen LogP contribution in [0.15, 0.2) is 42.5 Å². The zero-order valence-corrected chi connectivity index (χ0v) is 19.8. The predicted molar refractivity (Wildman–Crippen MR) is 122 cm³/mol. The van der Waals surface area contributed by atoms with Gasteiger partial charge in [-0.1, -0.05) is 49.4 Å². The first kappa shape index (κ1) is 24.7. The van der Waals surface area contributed by atoms with Crippen LogP contribution in [0.1, 0.15) is 49.2 Å². The molecule has 32 heavy (non-hydrogen) atoms. The van der Waals surface area contributed by atoms with Crippen molar-refractivity contribution in [3.8, 4) is 0 Å². The molecule has 10 heteroatoms. The molecule has 1 aromatic heterocycles. The van der Waals surface area contributed by atoms with E-state index in [9.17, 15) is 17.7 Å². The van der Waals surface area contributed by atoms with Crippen LogP contribution in [0.5, 0.6) is 0 Å². The molecule has 0 aliphatic rings. The Bertz CT molecular complexity index is 1070. The molecule has 0 aliphatic carbocycles. The van der Waals surface area contributed by atoms with Crippen molar-refractivity contribution in [1.29, 1.82) is 0 Å². The third-order valence-electron chi connectivity index (χ3n) is 4.70. The molecule has 0 amide bonds. The van der Waals surface area contributed by atoms with E-state index >= 15 is 0 Å². The number of anilines is 1. The number of rotatable bonds is 10. The van der Waals surface area contributed by atoms with Gasteiger partial charge in [0.2, 0.25) is 0 Å². The molecule has 5 nitrogen and oxygen atoms in total. The summed E-state index contributed by atoms with van der Waals surface area (Å²) in [6, 6.07) is 10.3. The molecule has 3 aromatic rings. The van der Waals surface area contributed by atoms with Gasteiger partial charge in [-0.15, -0.1) is 0 Å². The number of benzene rings is 2. The minimum Gasteiger partial charge on any atom is -0.344 e. The van der Waals surface area contributed by atoms with Crippen molar-refractivity contribution >= 4 is 34.3 Å². The topological polar surface area (TPSA) is 60.5 Å². The van der Waals surface area contributed by atoms with Crippen LogP contribution in [-0.2, 0) is 19.8 Å². The summed E-state index contributed by atoms with van der Waals surface area (Å²) in [5, 5.41) is 3.63. The van der Waals surface area contributed by atoms with Crippen molar-refractivity contribution in [2.75, 3.05) is 18.5 Å². The lowest BCUT2D eigenvalue weighted by Gasteiger charge is -2.28. The average Bonchev–Trinajstić information content (AvgIpc) is 3.18. The van der Waals surface area contributed by atoms with Crippen LogP contribution in [0, 0.1) is 6.92 Å². The number of aromatic nitrogens is 1. The molecule has 0 saturated heterocycles. The third kappa shape index (κ3) is 5.70. The maximum absolute atomic E-state index is 13.8. The maximum Gasteiger partial charge on any atom is 0.416 e. The quantitative estimate of drug-likeness (QED) is 0.297. The average molecular weight is 486 g/mol. The Morgan fingerprint density at radius 3 is 2.22 bits per heavy atom. The first-order valence-electron chi connectivity index (χ1n) is 10.4. The highest BCUT2D eigenvalue weighted by Gasteiger charge is 2.39. The van der Waals surface area contributed by atoms with E-state index < -0.39 is 25.1 Å². The standard InChI is InChI=1S/C22H26F3N2O3PS/c1-4-13-29-31(28,30-14-5-2)20(16-9-11-17(12-10-16)22(23,24)25)27-21-26-19-15(3)7-6-8-18(19)32-21/h6-12,20H,4-5,13-14H2,1-3H3,(H,26,27). The molecule has 2 aromatic carbocycles. The zero-order chi connectivity index (χ0) is 23.4. The first-order chi connectivity index (χ1) is 15.2. The van der Waals surface area contributed by atoms with Gasteiger partial charge in [-0.25, -0.2) is 4.98 Å². The summed E-state index contributed by atoms with van der Waals surface area (Å²) in [6.07, 6.45) is -3.24. The van der Waals surface area contributed by atoms with Gasteiger partial charge in [0.1, 0.15) is 0 Å².